The minimum atomic E-state index is 0.590. The second-order valence-corrected chi connectivity index (χ2v) is 5.92. The zero-order chi connectivity index (χ0) is 9.14. The summed E-state index contributed by atoms with van der Waals surface area (Å²) in [4.78, 5) is 1.21. The van der Waals surface area contributed by atoms with Crippen LogP contribution in [0.25, 0.3) is 6.08 Å². The molecule has 0 N–H and O–H groups in total. The van der Waals surface area contributed by atoms with Gasteiger partial charge in [-0.05, 0) is 50.9 Å². The highest BCUT2D eigenvalue weighted by molar-refractivity contribution is 9.13. The first-order valence-corrected chi connectivity index (χ1v) is 6.25. The fourth-order valence-electron chi connectivity index (χ4n) is 0.716. The normalized spacial score (nSPS) is 12.2. The van der Waals surface area contributed by atoms with E-state index >= 15 is 0 Å². The van der Waals surface area contributed by atoms with Gasteiger partial charge in [0.05, 0.1) is 3.79 Å². The van der Waals surface area contributed by atoms with E-state index in [2.05, 4.69) is 44.0 Å². The van der Waals surface area contributed by atoms with Gasteiger partial charge >= 0.3 is 0 Å². The minimum Gasteiger partial charge on any atom is -0.128 e. The van der Waals surface area contributed by atoms with Crippen molar-refractivity contribution in [3.8, 4) is 0 Å². The third-order valence-corrected chi connectivity index (χ3v) is 4.89. The van der Waals surface area contributed by atoms with Gasteiger partial charge in [0.15, 0.2) is 0 Å². The molecule has 0 aliphatic rings. The molecule has 1 rings (SSSR count). The van der Waals surface area contributed by atoms with Crippen molar-refractivity contribution in [2.24, 2.45) is 0 Å². The smallest absolute Gasteiger partial charge is 0.0846 e. The lowest BCUT2D eigenvalue weighted by molar-refractivity contribution is 1.44. The van der Waals surface area contributed by atoms with Crippen LogP contribution in [0.15, 0.2) is 19.9 Å². The van der Waals surface area contributed by atoms with E-state index in [-0.39, 0.29) is 0 Å². The minimum absolute atomic E-state index is 0.590. The van der Waals surface area contributed by atoms with E-state index in [0.717, 1.165) is 8.26 Å². The summed E-state index contributed by atoms with van der Waals surface area (Å²) in [5.74, 6) is 0.590. The first-order chi connectivity index (χ1) is 5.63. The van der Waals surface area contributed by atoms with Gasteiger partial charge in [-0.2, -0.15) is 0 Å². The van der Waals surface area contributed by atoms with Gasteiger partial charge in [0.1, 0.15) is 0 Å². The van der Waals surface area contributed by atoms with Crippen LogP contribution in [0.5, 0.6) is 0 Å². The number of allylic oxidation sites excluding steroid dienone is 1. The van der Waals surface area contributed by atoms with Gasteiger partial charge in [-0.3, -0.25) is 0 Å². The Kier molecular flexibility index (Phi) is 4.30. The SMILES string of the molecule is CC(=Cc1cc(Br)c(Br)s1)CCl. The Hall–Kier alpha value is 0.690. The number of halogens is 3. The number of hydrogen-bond donors (Lipinski definition) is 0. The Morgan fingerprint density at radius 3 is 2.75 bits per heavy atom. The monoisotopic (exact) mass is 328 g/mol. The molecule has 0 aromatic carbocycles. The summed E-state index contributed by atoms with van der Waals surface area (Å²) in [6.45, 7) is 2.02. The lowest BCUT2D eigenvalue weighted by atomic mass is 10.3. The first-order valence-electron chi connectivity index (χ1n) is 3.31. The Labute approximate surface area is 97.9 Å². The van der Waals surface area contributed by atoms with Gasteiger partial charge in [-0.25, -0.2) is 0 Å². The maximum atomic E-state index is 5.66. The van der Waals surface area contributed by atoms with Crippen molar-refractivity contribution in [2.45, 2.75) is 6.92 Å². The van der Waals surface area contributed by atoms with Crippen LogP contribution in [0, 0.1) is 0 Å². The van der Waals surface area contributed by atoms with Gasteiger partial charge in [0.25, 0.3) is 0 Å². The van der Waals surface area contributed by atoms with Crippen LogP contribution in [0.4, 0.5) is 0 Å². The van der Waals surface area contributed by atoms with E-state index in [4.69, 9.17) is 11.6 Å². The Bertz CT molecular complexity index is 285. The van der Waals surface area contributed by atoms with Crippen molar-refractivity contribution < 1.29 is 0 Å². The molecule has 12 heavy (non-hydrogen) atoms. The molecule has 0 unspecified atom stereocenters. The zero-order valence-corrected chi connectivity index (χ0v) is 11.1. The van der Waals surface area contributed by atoms with E-state index in [1.165, 1.54) is 10.5 Å². The second kappa shape index (κ2) is 4.80. The average Bonchev–Trinajstić information content (AvgIpc) is 2.31. The Morgan fingerprint density at radius 1 is 1.67 bits per heavy atom. The largest absolute Gasteiger partial charge is 0.128 e. The molecule has 0 saturated heterocycles. The lowest BCUT2D eigenvalue weighted by Crippen LogP contribution is -1.73. The topological polar surface area (TPSA) is 0 Å². The van der Waals surface area contributed by atoms with Gasteiger partial charge in [0.2, 0.25) is 0 Å². The number of alkyl halides is 1. The molecule has 0 bridgehead atoms. The van der Waals surface area contributed by atoms with Crippen molar-refractivity contribution >= 4 is 60.9 Å². The molecule has 0 aliphatic heterocycles. The standard InChI is InChI=1S/C8H7Br2ClS/c1-5(4-11)2-6-3-7(9)8(10)12-6/h2-3H,4H2,1H3. The molecule has 0 fully saturated rings. The molecule has 4 heteroatoms. The third kappa shape index (κ3) is 2.87. The molecule has 0 atom stereocenters. The highest BCUT2D eigenvalue weighted by atomic mass is 79.9. The average molecular weight is 330 g/mol. The van der Waals surface area contributed by atoms with Gasteiger partial charge in [-0.15, -0.1) is 22.9 Å². The Balaban J connectivity index is 2.90. The van der Waals surface area contributed by atoms with Crippen LogP contribution in [0.3, 0.4) is 0 Å². The number of rotatable bonds is 2. The predicted molar refractivity (Wildman–Crippen MR) is 64.1 cm³/mol. The summed E-state index contributed by atoms with van der Waals surface area (Å²) in [6, 6.07) is 2.07. The van der Waals surface area contributed by atoms with Crippen LogP contribution in [-0.2, 0) is 0 Å². The molecule has 1 aromatic rings. The summed E-state index contributed by atoms with van der Waals surface area (Å²) in [7, 11) is 0. The highest BCUT2D eigenvalue weighted by Crippen LogP contribution is 2.33. The van der Waals surface area contributed by atoms with E-state index < -0.39 is 0 Å². The van der Waals surface area contributed by atoms with Gasteiger partial charge < -0.3 is 0 Å². The molecule has 1 aromatic heterocycles. The van der Waals surface area contributed by atoms with Crippen LogP contribution in [0.1, 0.15) is 11.8 Å². The Morgan fingerprint density at radius 2 is 2.33 bits per heavy atom. The van der Waals surface area contributed by atoms with Gasteiger partial charge in [0, 0.05) is 15.2 Å². The summed E-state index contributed by atoms with van der Waals surface area (Å²) in [5.41, 5.74) is 1.18. The quantitative estimate of drug-likeness (QED) is 0.676. The number of hydrogen-bond acceptors (Lipinski definition) is 1. The molecule has 0 spiro atoms. The van der Waals surface area contributed by atoms with Crippen molar-refractivity contribution in [1.29, 1.82) is 0 Å². The van der Waals surface area contributed by atoms with Gasteiger partial charge in [-0.1, -0.05) is 5.57 Å². The molecular weight excluding hydrogens is 323 g/mol. The van der Waals surface area contributed by atoms with Crippen LogP contribution in [0.2, 0.25) is 0 Å². The van der Waals surface area contributed by atoms with E-state index in [1.54, 1.807) is 11.3 Å². The molecule has 0 radical (unpaired) electrons. The van der Waals surface area contributed by atoms with Crippen molar-refractivity contribution in [1.82, 2.24) is 0 Å². The second-order valence-electron chi connectivity index (χ2n) is 2.39. The van der Waals surface area contributed by atoms with Crippen LogP contribution < -0.4 is 0 Å². The van der Waals surface area contributed by atoms with Crippen molar-refractivity contribution in [3.05, 3.63) is 24.8 Å². The summed E-state index contributed by atoms with van der Waals surface area (Å²) in [6.07, 6.45) is 2.09. The predicted octanol–water partition coefficient (Wildman–Crippen LogP) is 4.92. The van der Waals surface area contributed by atoms with Crippen LogP contribution >= 0.6 is 54.8 Å². The maximum Gasteiger partial charge on any atom is 0.0846 e. The molecule has 1 heterocycles. The van der Waals surface area contributed by atoms with Crippen LogP contribution in [-0.4, -0.2) is 5.88 Å². The molecule has 0 amide bonds. The molecule has 0 aliphatic carbocycles. The fourth-order valence-corrected chi connectivity index (χ4v) is 2.91. The molecule has 0 saturated carbocycles. The zero-order valence-electron chi connectivity index (χ0n) is 6.40. The molecular formula is C8H7Br2ClS. The summed E-state index contributed by atoms with van der Waals surface area (Å²) < 4.78 is 2.22. The summed E-state index contributed by atoms with van der Waals surface area (Å²) in [5, 5.41) is 0. The maximum absolute atomic E-state index is 5.66. The van der Waals surface area contributed by atoms with E-state index in [0.29, 0.717) is 5.88 Å². The van der Waals surface area contributed by atoms with E-state index in [9.17, 15) is 0 Å². The van der Waals surface area contributed by atoms with Crippen molar-refractivity contribution in [3.63, 3.8) is 0 Å². The molecule has 66 valence electrons. The summed E-state index contributed by atoms with van der Waals surface area (Å²) >= 11 is 14.2. The highest BCUT2D eigenvalue weighted by Gasteiger charge is 2.01. The fraction of sp³-hybridized carbons (Fsp3) is 0.250. The van der Waals surface area contributed by atoms with E-state index in [1.807, 2.05) is 6.92 Å². The number of thiophene rings is 1. The first kappa shape index (κ1) is 10.8. The molecule has 0 nitrogen and oxygen atoms in total. The van der Waals surface area contributed by atoms with Crippen molar-refractivity contribution in [2.75, 3.05) is 5.88 Å². The lowest BCUT2D eigenvalue weighted by Gasteiger charge is -1.89. The third-order valence-electron chi connectivity index (χ3n) is 1.26.